The highest BCUT2D eigenvalue weighted by Crippen LogP contribution is 2.28. The predicted molar refractivity (Wildman–Crippen MR) is 76.2 cm³/mol. The molecule has 3 heteroatoms. The van der Waals surface area contributed by atoms with Crippen molar-refractivity contribution in [2.45, 2.75) is 13.0 Å². The van der Waals surface area contributed by atoms with Crippen LogP contribution in [0.4, 0.5) is 4.39 Å². The van der Waals surface area contributed by atoms with Gasteiger partial charge in [-0.15, -0.1) is 0 Å². The molecule has 0 aliphatic heterocycles. The van der Waals surface area contributed by atoms with Crippen LogP contribution in [0.25, 0.3) is 0 Å². The number of nitrogens with one attached hydrogen (secondary N) is 1. The molecule has 18 heavy (non-hydrogen) atoms. The van der Waals surface area contributed by atoms with E-state index in [1.54, 1.807) is 6.07 Å². The second-order valence-corrected chi connectivity index (χ2v) is 5.16. The lowest BCUT2D eigenvalue weighted by Gasteiger charge is -2.20. The van der Waals surface area contributed by atoms with Crippen LogP contribution < -0.4 is 5.32 Å². The summed E-state index contributed by atoms with van der Waals surface area (Å²) in [5.74, 6) is -0.184. The van der Waals surface area contributed by atoms with E-state index in [4.69, 9.17) is 0 Å². The molecular weight excluding hydrogens is 293 g/mol. The average Bonchev–Trinajstić information content (AvgIpc) is 2.36. The van der Waals surface area contributed by atoms with Crippen molar-refractivity contribution in [3.63, 3.8) is 0 Å². The molecule has 0 saturated heterocycles. The van der Waals surface area contributed by atoms with E-state index in [-0.39, 0.29) is 11.9 Å². The van der Waals surface area contributed by atoms with Crippen LogP contribution in [0.1, 0.15) is 22.7 Å². The summed E-state index contributed by atoms with van der Waals surface area (Å²) in [6.45, 7) is 2.03. The van der Waals surface area contributed by atoms with Gasteiger partial charge in [-0.05, 0) is 43.3 Å². The molecule has 1 atom stereocenters. The van der Waals surface area contributed by atoms with Crippen molar-refractivity contribution in [3.05, 3.63) is 69.4 Å². The molecule has 0 aromatic heterocycles. The second-order valence-electron chi connectivity index (χ2n) is 4.24. The van der Waals surface area contributed by atoms with Gasteiger partial charge in [0.1, 0.15) is 5.82 Å². The summed E-state index contributed by atoms with van der Waals surface area (Å²) in [6, 6.07) is 12.8. The van der Waals surface area contributed by atoms with E-state index in [9.17, 15) is 4.39 Å². The maximum absolute atomic E-state index is 13.9. The van der Waals surface area contributed by atoms with E-state index in [0.29, 0.717) is 5.56 Å². The first-order chi connectivity index (χ1) is 8.63. The zero-order chi connectivity index (χ0) is 13.1. The highest BCUT2D eigenvalue weighted by molar-refractivity contribution is 9.10. The van der Waals surface area contributed by atoms with E-state index in [2.05, 4.69) is 21.2 Å². The minimum atomic E-state index is -0.184. The zero-order valence-electron chi connectivity index (χ0n) is 10.4. The molecule has 1 nitrogen and oxygen atoms in total. The van der Waals surface area contributed by atoms with Gasteiger partial charge in [0, 0.05) is 10.0 Å². The van der Waals surface area contributed by atoms with E-state index >= 15 is 0 Å². The van der Waals surface area contributed by atoms with Gasteiger partial charge in [-0.25, -0.2) is 4.39 Å². The predicted octanol–water partition coefficient (Wildman–Crippen LogP) is 4.21. The Balaban J connectivity index is 2.52. The molecule has 94 valence electrons. The largest absolute Gasteiger partial charge is 0.309 e. The first-order valence-electron chi connectivity index (χ1n) is 5.81. The molecule has 2 rings (SSSR count). The van der Waals surface area contributed by atoms with Crippen LogP contribution in [0.15, 0.2) is 46.9 Å². The maximum atomic E-state index is 13.9. The monoisotopic (exact) mass is 307 g/mol. The molecule has 0 bridgehead atoms. The van der Waals surface area contributed by atoms with Crippen molar-refractivity contribution >= 4 is 15.9 Å². The third-order valence-corrected chi connectivity index (χ3v) is 3.55. The molecule has 2 aromatic carbocycles. The molecule has 0 heterocycles. The average molecular weight is 308 g/mol. The first kappa shape index (κ1) is 13.2. The fourth-order valence-electron chi connectivity index (χ4n) is 2.11. The summed E-state index contributed by atoms with van der Waals surface area (Å²) >= 11 is 3.46. The van der Waals surface area contributed by atoms with Crippen LogP contribution in [0.3, 0.4) is 0 Å². The molecule has 2 aromatic rings. The Kier molecular flexibility index (Phi) is 4.15. The van der Waals surface area contributed by atoms with Crippen LogP contribution in [0.5, 0.6) is 0 Å². The third kappa shape index (κ3) is 2.62. The van der Waals surface area contributed by atoms with E-state index in [1.165, 1.54) is 6.07 Å². The highest BCUT2D eigenvalue weighted by atomic mass is 79.9. The Labute approximate surface area is 115 Å². The topological polar surface area (TPSA) is 12.0 Å². The minimum absolute atomic E-state index is 0.135. The lowest BCUT2D eigenvalue weighted by atomic mass is 9.95. The van der Waals surface area contributed by atoms with Gasteiger partial charge < -0.3 is 5.32 Å². The molecule has 0 fully saturated rings. The van der Waals surface area contributed by atoms with Gasteiger partial charge in [-0.3, -0.25) is 0 Å². The number of benzene rings is 2. The molecule has 1 unspecified atom stereocenters. The van der Waals surface area contributed by atoms with Crippen LogP contribution in [0, 0.1) is 12.7 Å². The molecule has 0 aliphatic carbocycles. The summed E-state index contributed by atoms with van der Waals surface area (Å²) < 4.78 is 14.9. The number of aryl methyl sites for hydroxylation is 1. The van der Waals surface area contributed by atoms with Gasteiger partial charge in [0.05, 0.1) is 6.04 Å². The molecule has 0 amide bonds. The minimum Gasteiger partial charge on any atom is -0.309 e. The molecular formula is C15H15BrFN. The molecule has 1 N–H and O–H groups in total. The maximum Gasteiger partial charge on any atom is 0.128 e. The van der Waals surface area contributed by atoms with Crippen LogP contribution in [0.2, 0.25) is 0 Å². The van der Waals surface area contributed by atoms with Crippen LogP contribution in [-0.4, -0.2) is 7.05 Å². The lowest BCUT2D eigenvalue weighted by molar-refractivity contribution is 0.575. The second kappa shape index (κ2) is 5.63. The smallest absolute Gasteiger partial charge is 0.128 e. The van der Waals surface area contributed by atoms with Crippen LogP contribution in [-0.2, 0) is 0 Å². The van der Waals surface area contributed by atoms with Crippen molar-refractivity contribution in [3.8, 4) is 0 Å². The Morgan fingerprint density at radius 3 is 2.50 bits per heavy atom. The van der Waals surface area contributed by atoms with Gasteiger partial charge >= 0.3 is 0 Å². The van der Waals surface area contributed by atoms with E-state index in [0.717, 1.165) is 15.6 Å². The van der Waals surface area contributed by atoms with Crippen molar-refractivity contribution < 1.29 is 4.39 Å². The lowest BCUT2D eigenvalue weighted by Crippen LogP contribution is -2.19. The summed E-state index contributed by atoms with van der Waals surface area (Å²) in [7, 11) is 1.84. The fraction of sp³-hybridized carbons (Fsp3) is 0.200. The van der Waals surface area contributed by atoms with E-state index in [1.807, 2.05) is 44.3 Å². The molecule has 0 aliphatic rings. The van der Waals surface area contributed by atoms with Gasteiger partial charge in [-0.2, -0.15) is 0 Å². The Morgan fingerprint density at radius 1 is 1.11 bits per heavy atom. The van der Waals surface area contributed by atoms with Crippen molar-refractivity contribution in [2.24, 2.45) is 0 Å². The highest BCUT2D eigenvalue weighted by Gasteiger charge is 2.17. The standard InChI is InChI=1S/C15H15BrFN/c1-10-7-8-11(16)9-13(10)15(18-2)12-5-3-4-6-14(12)17/h3-9,15,18H,1-2H3. The van der Waals surface area contributed by atoms with Crippen LogP contribution >= 0.6 is 15.9 Å². The molecule has 0 saturated carbocycles. The number of hydrogen-bond acceptors (Lipinski definition) is 1. The summed E-state index contributed by atoms with van der Waals surface area (Å²) in [5.41, 5.74) is 2.89. The third-order valence-electron chi connectivity index (χ3n) is 3.06. The SMILES string of the molecule is CNC(c1cc(Br)ccc1C)c1ccccc1F. The van der Waals surface area contributed by atoms with Crippen molar-refractivity contribution in [1.29, 1.82) is 0 Å². The zero-order valence-corrected chi connectivity index (χ0v) is 12.0. The fourth-order valence-corrected chi connectivity index (χ4v) is 2.49. The quantitative estimate of drug-likeness (QED) is 0.896. The summed E-state index contributed by atoms with van der Waals surface area (Å²) in [4.78, 5) is 0. The van der Waals surface area contributed by atoms with Crippen molar-refractivity contribution in [1.82, 2.24) is 5.32 Å². The number of halogens is 2. The number of rotatable bonds is 3. The van der Waals surface area contributed by atoms with Crippen molar-refractivity contribution in [2.75, 3.05) is 7.05 Å². The van der Waals surface area contributed by atoms with Gasteiger partial charge in [0.2, 0.25) is 0 Å². The van der Waals surface area contributed by atoms with Gasteiger partial charge in [-0.1, -0.05) is 40.2 Å². The van der Waals surface area contributed by atoms with Gasteiger partial charge in [0.25, 0.3) is 0 Å². The van der Waals surface area contributed by atoms with Gasteiger partial charge in [0.15, 0.2) is 0 Å². The summed E-state index contributed by atoms with van der Waals surface area (Å²) in [6.07, 6.45) is 0. The van der Waals surface area contributed by atoms with E-state index < -0.39 is 0 Å². The molecule has 0 spiro atoms. The number of hydrogen-bond donors (Lipinski definition) is 1. The Morgan fingerprint density at radius 2 is 1.83 bits per heavy atom. The molecule has 0 radical (unpaired) electrons. The Hall–Kier alpha value is -1.19. The Bertz CT molecular complexity index is 554. The first-order valence-corrected chi connectivity index (χ1v) is 6.60. The summed E-state index contributed by atoms with van der Waals surface area (Å²) in [5, 5.41) is 3.18. The normalized spacial score (nSPS) is 12.4.